The fourth-order valence-electron chi connectivity index (χ4n) is 7.61. The number of hydrogen-bond acceptors (Lipinski definition) is 4. The van der Waals surface area contributed by atoms with Crippen LogP contribution in [0.2, 0.25) is 0 Å². The summed E-state index contributed by atoms with van der Waals surface area (Å²) in [4.78, 5) is 32.0. The molecular formula is C26H31N3O2S. The number of aromatic nitrogens is 1. The molecule has 4 saturated carbocycles. The van der Waals surface area contributed by atoms with E-state index in [0.29, 0.717) is 11.6 Å². The average Bonchev–Trinajstić information content (AvgIpc) is 3.24. The SMILES string of the molecule is CN1C(=O)C(C)(C)c2cc(-c3csc(NC(=O)CC45CC6CC(CC(C6)C4)C5)n3)ccc21. The Bertz CT molecular complexity index is 1080. The van der Waals surface area contributed by atoms with Crippen molar-refractivity contribution in [2.24, 2.45) is 23.2 Å². The molecule has 4 bridgehead atoms. The highest BCUT2D eigenvalue weighted by Gasteiger charge is 2.51. The number of rotatable bonds is 4. The molecule has 32 heavy (non-hydrogen) atoms. The van der Waals surface area contributed by atoms with Gasteiger partial charge in [0.1, 0.15) is 0 Å². The second-order valence-corrected chi connectivity index (χ2v) is 12.3. The topological polar surface area (TPSA) is 62.3 Å². The predicted octanol–water partition coefficient (Wildman–Crippen LogP) is 5.61. The molecule has 168 valence electrons. The molecule has 5 nitrogen and oxygen atoms in total. The summed E-state index contributed by atoms with van der Waals surface area (Å²) in [5, 5.41) is 5.76. The third-order valence-corrected chi connectivity index (χ3v) is 9.38. The van der Waals surface area contributed by atoms with E-state index >= 15 is 0 Å². The molecule has 7 rings (SSSR count). The van der Waals surface area contributed by atoms with Gasteiger partial charge in [-0.05, 0) is 93.2 Å². The van der Waals surface area contributed by atoms with Crippen LogP contribution in [0.3, 0.4) is 0 Å². The minimum atomic E-state index is -0.537. The Morgan fingerprint density at radius 2 is 1.81 bits per heavy atom. The summed E-state index contributed by atoms with van der Waals surface area (Å²) in [5.74, 6) is 2.80. The number of likely N-dealkylation sites (N-methyl/N-ethyl adjacent to an activating group) is 1. The molecule has 1 aromatic carbocycles. The number of hydrogen-bond donors (Lipinski definition) is 1. The number of benzene rings is 1. The lowest BCUT2D eigenvalue weighted by atomic mass is 9.49. The van der Waals surface area contributed by atoms with Crippen molar-refractivity contribution in [1.29, 1.82) is 0 Å². The van der Waals surface area contributed by atoms with E-state index in [1.165, 1.54) is 49.9 Å². The lowest BCUT2D eigenvalue weighted by Crippen LogP contribution is -2.47. The van der Waals surface area contributed by atoms with E-state index in [1.807, 2.05) is 38.4 Å². The second-order valence-electron chi connectivity index (χ2n) is 11.4. The van der Waals surface area contributed by atoms with Crippen LogP contribution in [-0.4, -0.2) is 23.8 Å². The van der Waals surface area contributed by atoms with Gasteiger partial charge in [-0.25, -0.2) is 4.98 Å². The van der Waals surface area contributed by atoms with E-state index in [0.717, 1.165) is 40.3 Å². The van der Waals surface area contributed by atoms with Crippen LogP contribution in [0.1, 0.15) is 64.4 Å². The highest BCUT2D eigenvalue weighted by atomic mass is 32.1. The van der Waals surface area contributed by atoms with Crippen molar-refractivity contribution in [2.75, 3.05) is 17.3 Å². The van der Waals surface area contributed by atoms with Crippen LogP contribution >= 0.6 is 11.3 Å². The van der Waals surface area contributed by atoms with E-state index in [9.17, 15) is 9.59 Å². The van der Waals surface area contributed by atoms with Gasteiger partial charge in [0.2, 0.25) is 11.8 Å². The summed E-state index contributed by atoms with van der Waals surface area (Å²) < 4.78 is 0. The molecule has 1 N–H and O–H groups in total. The second kappa shape index (κ2) is 6.89. The van der Waals surface area contributed by atoms with E-state index in [-0.39, 0.29) is 17.2 Å². The zero-order valence-corrected chi connectivity index (χ0v) is 19.9. The molecule has 5 aliphatic rings. The van der Waals surface area contributed by atoms with E-state index in [1.54, 1.807) is 4.90 Å². The van der Waals surface area contributed by atoms with Crippen LogP contribution in [0, 0.1) is 23.2 Å². The average molecular weight is 450 g/mol. The van der Waals surface area contributed by atoms with Crippen molar-refractivity contribution in [2.45, 2.75) is 64.2 Å². The number of carbonyl (C=O) groups is 2. The quantitative estimate of drug-likeness (QED) is 0.660. The van der Waals surface area contributed by atoms with Crippen molar-refractivity contribution in [3.05, 3.63) is 29.1 Å². The van der Waals surface area contributed by atoms with Crippen molar-refractivity contribution in [3.63, 3.8) is 0 Å². The van der Waals surface area contributed by atoms with Gasteiger partial charge in [0.15, 0.2) is 5.13 Å². The fraction of sp³-hybridized carbons (Fsp3) is 0.577. The normalized spacial score (nSPS) is 31.8. The summed E-state index contributed by atoms with van der Waals surface area (Å²) >= 11 is 1.48. The molecule has 1 aromatic heterocycles. The van der Waals surface area contributed by atoms with Gasteiger partial charge in [0, 0.05) is 30.1 Å². The van der Waals surface area contributed by atoms with Gasteiger partial charge in [-0.1, -0.05) is 6.07 Å². The molecule has 2 amide bonds. The molecule has 0 unspecified atom stereocenters. The highest BCUT2D eigenvalue weighted by molar-refractivity contribution is 7.14. The van der Waals surface area contributed by atoms with Crippen molar-refractivity contribution < 1.29 is 9.59 Å². The summed E-state index contributed by atoms with van der Waals surface area (Å²) in [5.41, 5.74) is 3.53. The first-order valence-electron chi connectivity index (χ1n) is 11.9. The van der Waals surface area contributed by atoms with Crippen LogP contribution in [0.15, 0.2) is 23.6 Å². The molecule has 0 spiro atoms. The maximum absolute atomic E-state index is 13.0. The minimum Gasteiger partial charge on any atom is -0.314 e. The number of anilines is 2. The van der Waals surface area contributed by atoms with Gasteiger partial charge in [-0.3, -0.25) is 9.59 Å². The first-order chi connectivity index (χ1) is 15.2. The Morgan fingerprint density at radius 3 is 2.47 bits per heavy atom. The third-order valence-electron chi connectivity index (χ3n) is 8.62. The summed E-state index contributed by atoms with van der Waals surface area (Å²) in [6.07, 6.45) is 8.57. The van der Waals surface area contributed by atoms with Crippen LogP contribution < -0.4 is 10.2 Å². The number of nitrogens with zero attached hydrogens (tertiary/aromatic N) is 2. The van der Waals surface area contributed by atoms with Crippen molar-refractivity contribution in [1.82, 2.24) is 4.98 Å². The number of carbonyl (C=O) groups excluding carboxylic acids is 2. The standard InChI is InChI=1S/C26H31N3O2S/c1-25(2)19-9-18(4-5-21(19)29(3)23(25)31)20-14-32-24(27-20)28-22(30)13-26-10-15-6-16(11-26)8-17(7-15)12-26/h4-5,9,14-17H,6-8,10-13H2,1-3H3,(H,27,28,30). The number of thiazole rings is 1. The molecule has 6 heteroatoms. The third kappa shape index (κ3) is 3.13. The molecule has 2 aromatic rings. The number of amides is 2. The van der Waals surface area contributed by atoms with Gasteiger partial charge in [-0.2, -0.15) is 0 Å². The lowest BCUT2D eigenvalue weighted by molar-refractivity contribution is -0.124. The van der Waals surface area contributed by atoms with Crippen LogP contribution in [-0.2, 0) is 15.0 Å². The number of nitrogens with one attached hydrogen (secondary N) is 1. The molecule has 0 saturated heterocycles. The molecule has 0 radical (unpaired) electrons. The Morgan fingerprint density at radius 1 is 1.16 bits per heavy atom. The fourth-order valence-corrected chi connectivity index (χ4v) is 8.34. The van der Waals surface area contributed by atoms with Gasteiger partial charge in [-0.15, -0.1) is 11.3 Å². The van der Waals surface area contributed by atoms with Crippen LogP contribution in [0.25, 0.3) is 11.3 Å². The Labute approximate surface area is 193 Å². The summed E-state index contributed by atoms with van der Waals surface area (Å²) in [7, 11) is 1.83. The molecule has 4 fully saturated rings. The molecule has 2 heterocycles. The summed E-state index contributed by atoms with van der Waals surface area (Å²) in [6.45, 7) is 3.94. The maximum atomic E-state index is 13.0. The van der Waals surface area contributed by atoms with E-state index in [2.05, 4.69) is 11.4 Å². The molecular weight excluding hydrogens is 418 g/mol. The minimum absolute atomic E-state index is 0.112. The molecule has 1 aliphatic heterocycles. The van der Waals surface area contributed by atoms with Crippen LogP contribution in [0.4, 0.5) is 10.8 Å². The highest BCUT2D eigenvalue weighted by Crippen LogP contribution is 2.61. The first kappa shape index (κ1) is 20.4. The van der Waals surface area contributed by atoms with Crippen LogP contribution in [0.5, 0.6) is 0 Å². The largest absolute Gasteiger partial charge is 0.314 e. The van der Waals surface area contributed by atoms with Crippen molar-refractivity contribution in [3.8, 4) is 11.3 Å². The smallest absolute Gasteiger partial charge is 0.236 e. The Balaban J connectivity index is 1.18. The van der Waals surface area contributed by atoms with E-state index < -0.39 is 5.41 Å². The predicted molar refractivity (Wildman–Crippen MR) is 128 cm³/mol. The summed E-state index contributed by atoms with van der Waals surface area (Å²) in [6, 6.07) is 6.09. The zero-order chi connectivity index (χ0) is 22.3. The van der Waals surface area contributed by atoms with Gasteiger partial charge >= 0.3 is 0 Å². The maximum Gasteiger partial charge on any atom is 0.236 e. The van der Waals surface area contributed by atoms with Gasteiger partial charge in [0.25, 0.3) is 0 Å². The van der Waals surface area contributed by atoms with Gasteiger partial charge in [0.05, 0.1) is 11.1 Å². The van der Waals surface area contributed by atoms with Gasteiger partial charge < -0.3 is 10.2 Å². The Hall–Kier alpha value is -2.21. The lowest BCUT2D eigenvalue weighted by Gasteiger charge is -2.56. The Kier molecular flexibility index (Phi) is 4.40. The first-order valence-corrected chi connectivity index (χ1v) is 12.8. The zero-order valence-electron chi connectivity index (χ0n) is 19.1. The van der Waals surface area contributed by atoms with E-state index in [4.69, 9.17) is 4.98 Å². The number of fused-ring (bicyclic) bond motifs is 1. The monoisotopic (exact) mass is 449 g/mol. The molecule has 4 aliphatic carbocycles. The van der Waals surface area contributed by atoms with Crippen molar-refractivity contribution >= 4 is 34.0 Å². The molecule has 0 atom stereocenters.